The summed E-state index contributed by atoms with van der Waals surface area (Å²) in [5.41, 5.74) is 0. The van der Waals surface area contributed by atoms with Crippen molar-refractivity contribution < 1.29 is 31.2 Å². The number of ether oxygens (including phenoxy) is 1. The van der Waals surface area contributed by atoms with E-state index in [-0.39, 0.29) is 30.3 Å². The number of nitrogens with one attached hydrogen (secondary N) is 1. The molecule has 0 spiro atoms. The molecule has 0 radical (unpaired) electrons. The number of carbonyl (C=O) groups is 2. The summed E-state index contributed by atoms with van der Waals surface area (Å²) in [5.74, 6) is 0.723. The third-order valence-corrected chi connectivity index (χ3v) is 7.37. The highest BCUT2D eigenvalue weighted by molar-refractivity contribution is 7.12. The zero-order chi connectivity index (χ0) is 18.0. The van der Waals surface area contributed by atoms with Crippen molar-refractivity contribution in [2.75, 3.05) is 26.2 Å². The number of Topliss-reactive ketones (excluding diaryl/α,β-unsaturated/α-hetero) is 1. The first-order valence-corrected chi connectivity index (χ1v) is 10.8. The van der Waals surface area contributed by atoms with E-state index in [4.69, 9.17) is 4.74 Å². The van der Waals surface area contributed by atoms with E-state index in [1.807, 2.05) is 35.0 Å². The Bertz CT molecular complexity index is 756. The maximum atomic E-state index is 12.6. The van der Waals surface area contributed by atoms with Crippen molar-refractivity contribution in [2.24, 2.45) is 5.92 Å². The van der Waals surface area contributed by atoms with Gasteiger partial charge in [-0.3, -0.25) is 4.79 Å². The van der Waals surface area contributed by atoms with Crippen LogP contribution in [0.2, 0.25) is 0 Å². The molecule has 3 saturated heterocycles. The lowest BCUT2D eigenvalue weighted by molar-refractivity contribution is -0.936. The van der Waals surface area contributed by atoms with Crippen molar-refractivity contribution in [1.29, 1.82) is 0 Å². The maximum Gasteiger partial charge on any atom is 0.407 e. The number of thiophene rings is 2. The van der Waals surface area contributed by atoms with Crippen LogP contribution in [0.15, 0.2) is 35.0 Å². The van der Waals surface area contributed by atoms with Crippen molar-refractivity contribution in [3.8, 4) is 0 Å². The molecule has 27 heavy (non-hydrogen) atoms. The lowest BCUT2D eigenvalue weighted by Crippen LogP contribution is -3.00. The van der Waals surface area contributed by atoms with Crippen molar-refractivity contribution >= 4 is 34.6 Å². The van der Waals surface area contributed by atoms with Gasteiger partial charge in [-0.25, -0.2) is 4.79 Å². The Morgan fingerprint density at radius 2 is 1.89 bits per heavy atom. The second kappa shape index (κ2) is 8.73. The Morgan fingerprint density at radius 1 is 1.15 bits per heavy atom. The third kappa shape index (κ3) is 4.71. The second-order valence-electron chi connectivity index (χ2n) is 7.27. The van der Waals surface area contributed by atoms with Gasteiger partial charge in [0.15, 0.2) is 0 Å². The fourth-order valence-corrected chi connectivity index (χ4v) is 5.49. The number of fused-ring (bicyclic) bond motifs is 3. The molecule has 5 heterocycles. The molecule has 0 aromatic carbocycles. The molecule has 2 aromatic rings. The Hall–Kier alpha value is -1.41. The van der Waals surface area contributed by atoms with Gasteiger partial charge in [0.2, 0.25) is 5.78 Å². The number of carbonyl (C=O) groups excluding carboxylic acids is 2. The summed E-state index contributed by atoms with van der Waals surface area (Å²) < 4.78 is 6.15. The number of hydrogen-bond donors (Lipinski definition) is 1. The van der Waals surface area contributed by atoms with Gasteiger partial charge < -0.3 is 26.9 Å². The SMILES string of the molecule is O=C(NC1C[N+]2(CC(=O)c3cccs3)CCC1CC2)OCc1cccs1.[Cl-]. The first-order chi connectivity index (χ1) is 12.6. The topological polar surface area (TPSA) is 55.4 Å². The molecule has 1 N–H and O–H groups in total. The molecule has 3 fully saturated rings. The van der Waals surface area contributed by atoms with E-state index in [0.717, 1.165) is 46.7 Å². The standard InChI is InChI=1S/C19H22N2O3S2.ClH/c22-17(18-4-2-10-26-18)12-21-7-5-14(6-8-21)16(11-21)20-19(23)24-13-15-3-1-9-25-15;/h1-4,9-10,14,16H,5-8,11-13H2;1H. The van der Waals surface area contributed by atoms with Gasteiger partial charge in [-0.2, -0.15) is 0 Å². The average Bonchev–Trinajstić information content (AvgIpc) is 3.34. The molecule has 3 aliphatic rings. The molecule has 0 saturated carbocycles. The van der Waals surface area contributed by atoms with Crippen LogP contribution in [0.25, 0.3) is 0 Å². The largest absolute Gasteiger partial charge is 1.00 e. The zero-order valence-electron chi connectivity index (χ0n) is 14.9. The number of hydrogen-bond acceptors (Lipinski definition) is 5. The van der Waals surface area contributed by atoms with E-state index >= 15 is 0 Å². The van der Waals surface area contributed by atoms with E-state index < -0.39 is 0 Å². The van der Waals surface area contributed by atoms with Gasteiger partial charge in [-0.05, 0) is 28.8 Å². The summed E-state index contributed by atoms with van der Waals surface area (Å²) in [5, 5.41) is 6.99. The van der Waals surface area contributed by atoms with Crippen molar-refractivity contribution in [3.05, 3.63) is 44.8 Å². The van der Waals surface area contributed by atoms with Gasteiger partial charge >= 0.3 is 6.09 Å². The minimum Gasteiger partial charge on any atom is -1.00 e. The predicted octanol–water partition coefficient (Wildman–Crippen LogP) is 0.532. The van der Waals surface area contributed by atoms with E-state index in [9.17, 15) is 9.59 Å². The second-order valence-corrected chi connectivity index (χ2v) is 9.25. The normalized spacial score (nSPS) is 26.2. The van der Waals surface area contributed by atoms with Crippen LogP contribution in [0.1, 0.15) is 27.4 Å². The van der Waals surface area contributed by atoms with E-state index in [0.29, 0.717) is 19.1 Å². The van der Waals surface area contributed by atoms with Crippen molar-refractivity contribution in [1.82, 2.24) is 5.32 Å². The summed E-state index contributed by atoms with van der Waals surface area (Å²) in [6.07, 6.45) is 1.78. The molecule has 1 amide bonds. The highest BCUT2D eigenvalue weighted by Gasteiger charge is 2.47. The number of amides is 1. The molecule has 2 aromatic heterocycles. The number of rotatable bonds is 6. The van der Waals surface area contributed by atoms with E-state index in [1.54, 1.807) is 11.3 Å². The molecule has 5 rings (SSSR count). The van der Waals surface area contributed by atoms with Crippen LogP contribution in [0.4, 0.5) is 4.79 Å². The molecule has 2 bridgehead atoms. The molecule has 8 heteroatoms. The Morgan fingerprint density at radius 3 is 2.56 bits per heavy atom. The van der Waals surface area contributed by atoms with Gasteiger partial charge in [0.25, 0.3) is 0 Å². The highest BCUT2D eigenvalue weighted by Crippen LogP contribution is 2.34. The third-order valence-electron chi connectivity index (χ3n) is 5.61. The summed E-state index contributed by atoms with van der Waals surface area (Å²) in [6.45, 7) is 3.75. The summed E-state index contributed by atoms with van der Waals surface area (Å²) >= 11 is 3.09. The fourth-order valence-electron chi connectivity index (χ4n) is 4.22. The van der Waals surface area contributed by atoms with Crippen molar-refractivity contribution in [2.45, 2.75) is 25.5 Å². The number of alkyl carbamates (subject to hydrolysis) is 1. The van der Waals surface area contributed by atoms with Gasteiger partial charge in [0, 0.05) is 17.7 Å². The van der Waals surface area contributed by atoms with Crippen molar-refractivity contribution in [3.63, 3.8) is 0 Å². The van der Waals surface area contributed by atoms with Gasteiger partial charge in [0.1, 0.15) is 13.2 Å². The lowest BCUT2D eigenvalue weighted by Gasteiger charge is -2.52. The van der Waals surface area contributed by atoms with Crippen LogP contribution < -0.4 is 17.7 Å². The maximum absolute atomic E-state index is 12.6. The van der Waals surface area contributed by atoms with Crippen LogP contribution >= 0.6 is 22.7 Å². The monoisotopic (exact) mass is 426 g/mol. The van der Waals surface area contributed by atoms with Crippen LogP contribution in [-0.4, -0.2) is 48.6 Å². The summed E-state index contributed by atoms with van der Waals surface area (Å²) in [4.78, 5) is 26.7. The zero-order valence-corrected chi connectivity index (χ0v) is 17.3. The van der Waals surface area contributed by atoms with E-state index in [1.165, 1.54) is 11.3 Å². The van der Waals surface area contributed by atoms with Crippen LogP contribution in [0.5, 0.6) is 0 Å². The van der Waals surface area contributed by atoms with Crippen LogP contribution in [0, 0.1) is 5.92 Å². The number of quaternary nitrogens is 1. The lowest BCUT2D eigenvalue weighted by atomic mass is 9.81. The first kappa shape index (κ1) is 20.3. The van der Waals surface area contributed by atoms with Crippen LogP contribution in [0.3, 0.4) is 0 Å². The Kier molecular flexibility index (Phi) is 6.57. The van der Waals surface area contributed by atoms with Gasteiger partial charge in [0.05, 0.1) is 30.6 Å². The molecular weight excluding hydrogens is 404 g/mol. The number of piperidine rings is 3. The van der Waals surface area contributed by atoms with Gasteiger partial charge in [-0.1, -0.05) is 12.1 Å². The van der Waals surface area contributed by atoms with E-state index in [2.05, 4.69) is 5.32 Å². The fraction of sp³-hybridized carbons (Fsp3) is 0.474. The van der Waals surface area contributed by atoms with Gasteiger partial charge in [-0.15, -0.1) is 22.7 Å². The molecule has 3 aliphatic heterocycles. The quantitative estimate of drug-likeness (QED) is 0.541. The smallest absolute Gasteiger partial charge is 0.407 e. The highest BCUT2D eigenvalue weighted by atomic mass is 35.5. The predicted molar refractivity (Wildman–Crippen MR) is 103 cm³/mol. The number of nitrogens with zero attached hydrogens (tertiary/aromatic N) is 1. The average molecular weight is 427 g/mol. The molecule has 1 atom stereocenters. The first-order valence-electron chi connectivity index (χ1n) is 9.01. The minimum atomic E-state index is -0.347. The molecule has 5 nitrogen and oxygen atoms in total. The molecule has 146 valence electrons. The number of ketones is 1. The van der Waals surface area contributed by atoms with Crippen LogP contribution in [-0.2, 0) is 11.3 Å². The molecular formula is C19H23ClN2O3S2. The molecule has 0 aliphatic carbocycles. The molecule has 1 unspecified atom stereocenters. The number of halogens is 1. The minimum absolute atomic E-state index is 0. The Labute approximate surface area is 173 Å². The Balaban J connectivity index is 0.00000210. The summed E-state index contributed by atoms with van der Waals surface area (Å²) in [7, 11) is 0. The summed E-state index contributed by atoms with van der Waals surface area (Å²) in [6, 6.07) is 7.84.